The molecule has 112 valence electrons. The van der Waals surface area contributed by atoms with Crippen molar-refractivity contribution in [2.75, 3.05) is 19.3 Å². The maximum Gasteiger partial charge on any atom is 0.406 e. The van der Waals surface area contributed by atoms with E-state index >= 15 is 0 Å². The number of nitrogens with zero attached hydrogens (tertiary/aromatic N) is 1. The molecular weight excluding hydrogens is 299 g/mol. The van der Waals surface area contributed by atoms with Crippen LogP contribution in [0.3, 0.4) is 0 Å². The Balaban J connectivity index is 2.88. The summed E-state index contributed by atoms with van der Waals surface area (Å²) >= 11 is 1.42. The topological polar surface area (TPSA) is 70.8 Å². The van der Waals surface area contributed by atoms with Crippen LogP contribution in [0.15, 0.2) is 16.5 Å². The number of carbonyl (C=O) groups is 2. The maximum absolute atomic E-state index is 12.3. The SMILES string of the molecule is CSCc1ccc(C(=O)N(CC(=O)O)CC(F)(F)F)o1. The van der Waals surface area contributed by atoms with Crippen LogP contribution in [0.5, 0.6) is 0 Å². The molecule has 0 saturated carbocycles. The predicted octanol–water partition coefficient (Wildman–Crippen LogP) is 2.23. The van der Waals surface area contributed by atoms with Gasteiger partial charge < -0.3 is 14.4 Å². The lowest BCUT2D eigenvalue weighted by Gasteiger charge is -2.20. The number of rotatable bonds is 6. The van der Waals surface area contributed by atoms with Crippen molar-refractivity contribution in [2.24, 2.45) is 0 Å². The number of furan rings is 1. The second kappa shape index (κ2) is 6.69. The molecule has 0 radical (unpaired) electrons. The highest BCUT2D eigenvalue weighted by molar-refractivity contribution is 7.97. The molecule has 5 nitrogen and oxygen atoms in total. The van der Waals surface area contributed by atoms with Crippen molar-refractivity contribution >= 4 is 23.6 Å². The number of thioether (sulfide) groups is 1. The van der Waals surface area contributed by atoms with Gasteiger partial charge in [0.25, 0.3) is 5.91 Å². The third-order valence-electron chi connectivity index (χ3n) is 2.14. The highest BCUT2D eigenvalue weighted by Gasteiger charge is 2.35. The lowest BCUT2D eigenvalue weighted by atomic mass is 10.3. The van der Waals surface area contributed by atoms with Crippen LogP contribution < -0.4 is 0 Å². The Labute approximate surface area is 116 Å². The molecule has 0 atom stereocenters. The first-order chi connectivity index (χ1) is 9.23. The Hall–Kier alpha value is -1.64. The summed E-state index contributed by atoms with van der Waals surface area (Å²) in [4.78, 5) is 22.6. The number of carboxylic acids is 1. The molecule has 0 aromatic carbocycles. The van der Waals surface area contributed by atoms with Crippen LogP contribution in [-0.4, -0.2) is 47.4 Å². The first kappa shape index (κ1) is 16.4. The minimum atomic E-state index is -4.68. The van der Waals surface area contributed by atoms with Gasteiger partial charge in [0.1, 0.15) is 18.8 Å². The molecule has 1 aromatic rings. The third-order valence-corrected chi connectivity index (χ3v) is 2.72. The molecule has 0 bridgehead atoms. The molecule has 1 amide bonds. The highest BCUT2D eigenvalue weighted by Crippen LogP contribution is 2.20. The fraction of sp³-hybridized carbons (Fsp3) is 0.455. The van der Waals surface area contributed by atoms with E-state index in [4.69, 9.17) is 9.52 Å². The van der Waals surface area contributed by atoms with Crippen LogP contribution >= 0.6 is 11.8 Å². The van der Waals surface area contributed by atoms with Gasteiger partial charge >= 0.3 is 12.1 Å². The van der Waals surface area contributed by atoms with E-state index in [1.54, 1.807) is 6.26 Å². The van der Waals surface area contributed by atoms with Crippen LogP contribution in [0.2, 0.25) is 0 Å². The lowest BCUT2D eigenvalue weighted by Crippen LogP contribution is -2.41. The van der Waals surface area contributed by atoms with Crippen LogP contribution in [0, 0.1) is 0 Å². The van der Waals surface area contributed by atoms with Crippen LogP contribution in [-0.2, 0) is 10.5 Å². The van der Waals surface area contributed by atoms with Crippen LogP contribution in [0.25, 0.3) is 0 Å². The Bertz CT molecular complexity index is 486. The molecule has 9 heteroatoms. The van der Waals surface area contributed by atoms with Gasteiger partial charge in [-0.1, -0.05) is 0 Å². The summed E-state index contributed by atoms with van der Waals surface area (Å²) in [6.45, 7) is -2.69. The van der Waals surface area contributed by atoms with Crippen molar-refractivity contribution in [3.63, 3.8) is 0 Å². The number of aliphatic carboxylic acids is 1. The number of amides is 1. The van der Waals surface area contributed by atoms with E-state index in [9.17, 15) is 22.8 Å². The summed E-state index contributed by atoms with van der Waals surface area (Å²) in [5.74, 6) is -2.04. The normalized spacial score (nSPS) is 11.4. The first-order valence-corrected chi connectivity index (χ1v) is 6.78. The van der Waals surface area contributed by atoms with Gasteiger partial charge in [-0.05, 0) is 18.4 Å². The van der Waals surface area contributed by atoms with E-state index in [0.29, 0.717) is 11.5 Å². The van der Waals surface area contributed by atoms with E-state index in [2.05, 4.69) is 0 Å². The summed E-state index contributed by atoms with van der Waals surface area (Å²) in [5, 5.41) is 8.57. The second-order valence-corrected chi connectivity index (χ2v) is 4.74. The standard InChI is InChI=1S/C11H12F3NO4S/c1-20-5-7-2-3-8(19-7)10(18)15(4-9(16)17)6-11(12,13)14/h2-3H,4-6H2,1H3,(H,16,17). The number of hydrogen-bond acceptors (Lipinski definition) is 4. The summed E-state index contributed by atoms with van der Waals surface area (Å²) in [6, 6.07) is 2.70. The van der Waals surface area contributed by atoms with Crippen LogP contribution in [0.4, 0.5) is 13.2 Å². The van der Waals surface area contributed by atoms with E-state index in [1.165, 1.54) is 23.9 Å². The molecule has 1 heterocycles. The number of carboxylic acid groups (broad SMARTS) is 1. The van der Waals surface area contributed by atoms with E-state index in [0.717, 1.165) is 0 Å². The quantitative estimate of drug-likeness (QED) is 0.872. The zero-order valence-corrected chi connectivity index (χ0v) is 11.3. The molecule has 1 aromatic heterocycles. The maximum atomic E-state index is 12.3. The van der Waals surface area contributed by atoms with Crippen LogP contribution in [0.1, 0.15) is 16.3 Å². The molecule has 0 aliphatic carbocycles. The van der Waals surface area contributed by atoms with Gasteiger partial charge in [0.2, 0.25) is 0 Å². The molecule has 1 N–H and O–H groups in total. The van der Waals surface area contributed by atoms with Crippen molar-refractivity contribution in [1.29, 1.82) is 0 Å². The van der Waals surface area contributed by atoms with E-state index in [-0.39, 0.29) is 10.7 Å². The molecular formula is C11H12F3NO4S. The highest BCUT2D eigenvalue weighted by atomic mass is 32.2. The van der Waals surface area contributed by atoms with Gasteiger partial charge in [0, 0.05) is 0 Å². The fourth-order valence-corrected chi connectivity index (χ4v) is 1.89. The second-order valence-electron chi connectivity index (χ2n) is 3.87. The number of carbonyl (C=O) groups excluding carboxylic acids is 1. The molecule has 0 unspecified atom stereocenters. The van der Waals surface area contributed by atoms with Gasteiger partial charge in [-0.15, -0.1) is 0 Å². The summed E-state index contributed by atoms with van der Waals surface area (Å²) in [6.07, 6.45) is -2.88. The largest absolute Gasteiger partial charge is 0.480 e. The summed E-state index contributed by atoms with van der Waals surface area (Å²) in [7, 11) is 0. The first-order valence-electron chi connectivity index (χ1n) is 5.38. The molecule has 0 fully saturated rings. The Morgan fingerprint density at radius 3 is 2.55 bits per heavy atom. The van der Waals surface area contributed by atoms with Gasteiger partial charge in [0.05, 0.1) is 5.75 Å². The Morgan fingerprint density at radius 1 is 1.40 bits per heavy atom. The van der Waals surface area contributed by atoms with Gasteiger partial charge in [-0.3, -0.25) is 9.59 Å². The molecule has 0 aliphatic rings. The summed E-state index contributed by atoms with van der Waals surface area (Å²) < 4.78 is 42.1. The number of alkyl halides is 3. The monoisotopic (exact) mass is 311 g/mol. The van der Waals surface area contributed by atoms with Gasteiger partial charge in [0.15, 0.2) is 5.76 Å². The number of hydrogen-bond donors (Lipinski definition) is 1. The molecule has 20 heavy (non-hydrogen) atoms. The third kappa shape index (κ3) is 5.16. The molecule has 0 saturated heterocycles. The van der Waals surface area contributed by atoms with E-state index < -0.39 is 31.1 Å². The zero-order valence-electron chi connectivity index (χ0n) is 10.4. The predicted molar refractivity (Wildman–Crippen MR) is 65.5 cm³/mol. The summed E-state index contributed by atoms with van der Waals surface area (Å²) in [5.41, 5.74) is 0. The lowest BCUT2D eigenvalue weighted by molar-refractivity contribution is -0.149. The Kier molecular flexibility index (Phi) is 5.49. The number of halogens is 3. The minimum Gasteiger partial charge on any atom is -0.480 e. The Morgan fingerprint density at radius 2 is 2.05 bits per heavy atom. The smallest absolute Gasteiger partial charge is 0.406 e. The van der Waals surface area contributed by atoms with Crippen molar-refractivity contribution in [1.82, 2.24) is 4.90 Å². The molecule has 0 spiro atoms. The van der Waals surface area contributed by atoms with Crippen molar-refractivity contribution in [2.45, 2.75) is 11.9 Å². The zero-order chi connectivity index (χ0) is 15.3. The average Bonchev–Trinajstić information content (AvgIpc) is 2.73. The average molecular weight is 311 g/mol. The minimum absolute atomic E-state index is 0.185. The molecule has 1 rings (SSSR count). The molecule has 0 aliphatic heterocycles. The van der Waals surface area contributed by atoms with Gasteiger partial charge in [-0.2, -0.15) is 24.9 Å². The van der Waals surface area contributed by atoms with Crippen molar-refractivity contribution in [3.8, 4) is 0 Å². The van der Waals surface area contributed by atoms with Crippen molar-refractivity contribution < 1.29 is 32.3 Å². The van der Waals surface area contributed by atoms with Gasteiger partial charge in [-0.25, -0.2) is 0 Å². The van der Waals surface area contributed by atoms with Crippen molar-refractivity contribution in [3.05, 3.63) is 23.7 Å². The van der Waals surface area contributed by atoms with E-state index in [1.807, 2.05) is 0 Å². The fourth-order valence-electron chi connectivity index (χ4n) is 1.45.